The van der Waals surface area contributed by atoms with E-state index in [0.29, 0.717) is 38.2 Å². The first-order chi connectivity index (χ1) is 15.4. The van der Waals surface area contributed by atoms with E-state index >= 15 is 0 Å². The standard InChI is InChI=1S/C23H14Br2Cl2N2O2S/c24-16-8-14(9-17(25)21(16)31-12-13-4-2-1-3-5-13)10-20-22(30)29-23(32-20)28-19-11-15(26)6-7-18(19)27/h1-11H,12H2,(H,28,29,30)/b20-10+. The molecule has 0 radical (unpaired) electrons. The smallest absolute Gasteiger partial charge is 0.264 e. The number of hydrogen-bond acceptors (Lipinski definition) is 4. The van der Waals surface area contributed by atoms with Gasteiger partial charge in [-0.3, -0.25) is 4.79 Å². The Balaban J connectivity index is 1.52. The summed E-state index contributed by atoms with van der Waals surface area (Å²) in [4.78, 5) is 17.4. The molecule has 0 saturated carbocycles. The maximum absolute atomic E-state index is 12.4. The maximum Gasteiger partial charge on any atom is 0.264 e. The quantitative estimate of drug-likeness (QED) is 0.297. The van der Waals surface area contributed by atoms with Gasteiger partial charge in [0.1, 0.15) is 12.4 Å². The van der Waals surface area contributed by atoms with Crippen LogP contribution < -0.4 is 10.1 Å². The van der Waals surface area contributed by atoms with Gasteiger partial charge in [0.2, 0.25) is 0 Å². The van der Waals surface area contributed by atoms with Crippen molar-refractivity contribution in [2.24, 2.45) is 4.99 Å². The largest absolute Gasteiger partial charge is 0.487 e. The molecule has 4 nitrogen and oxygen atoms in total. The van der Waals surface area contributed by atoms with E-state index in [9.17, 15) is 4.79 Å². The number of rotatable bonds is 5. The van der Waals surface area contributed by atoms with Crippen molar-refractivity contribution in [3.8, 4) is 5.75 Å². The molecule has 0 bridgehead atoms. The predicted molar refractivity (Wildman–Crippen MR) is 140 cm³/mol. The molecule has 4 rings (SSSR count). The number of halogens is 4. The van der Waals surface area contributed by atoms with Crippen LogP contribution in [0.2, 0.25) is 10.0 Å². The normalized spacial score (nSPS) is 15.9. The highest BCUT2D eigenvalue weighted by Gasteiger charge is 2.24. The number of thioether (sulfide) groups is 1. The lowest BCUT2D eigenvalue weighted by molar-refractivity contribution is -0.115. The van der Waals surface area contributed by atoms with Crippen LogP contribution in [0.4, 0.5) is 5.69 Å². The summed E-state index contributed by atoms with van der Waals surface area (Å²) in [5.74, 6) is 0.459. The van der Waals surface area contributed by atoms with E-state index in [1.165, 1.54) is 11.8 Å². The zero-order valence-corrected chi connectivity index (χ0v) is 21.7. The van der Waals surface area contributed by atoms with Crippen LogP contribution in [-0.4, -0.2) is 11.1 Å². The van der Waals surface area contributed by atoms with Gasteiger partial charge >= 0.3 is 0 Å². The Morgan fingerprint density at radius 3 is 2.47 bits per heavy atom. The maximum atomic E-state index is 12.4. The first-order valence-electron chi connectivity index (χ1n) is 9.29. The van der Waals surface area contributed by atoms with Gasteiger partial charge in [-0.2, -0.15) is 0 Å². The molecule has 3 aromatic carbocycles. The molecule has 0 atom stereocenters. The van der Waals surface area contributed by atoms with Crippen molar-refractivity contribution in [3.05, 3.63) is 95.7 Å². The molecule has 1 N–H and O–H groups in total. The van der Waals surface area contributed by atoms with Crippen molar-refractivity contribution >= 4 is 89.7 Å². The molecule has 0 spiro atoms. The highest BCUT2D eigenvalue weighted by molar-refractivity contribution is 9.11. The van der Waals surface area contributed by atoms with E-state index < -0.39 is 0 Å². The fourth-order valence-corrected chi connectivity index (χ4v) is 5.45. The number of benzene rings is 3. The number of nitrogens with zero attached hydrogens (tertiary/aromatic N) is 1. The molecule has 0 unspecified atom stereocenters. The third kappa shape index (κ3) is 5.77. The van der Waals surface area contributed by atoms with Gasteiger partial charge in [-0.15, -0.1) is 0 Å². The fourth-order valence-electron chi connectivity index (χ4n) is 2.84. The van der Waals surface area contributed by atoms with Gasteiger partial charge in [0.25, 0.3) is 5.91 Å². The average Bonchev–Trinajstić information content (AvgIpc) is 3.09. The Morgan fingerprint density at radius 2 is 1.75 bits per heavy atom. The van der Waals surface area contributed by atoms with Crippen LogP contribution >= 0.6 is 66.8 Å². The lowest BCUT2D eigenvalue weighted by Gasteiger charge is -2.11. The van der Waals surface area contributed by atoms with E-state index in [1.807, 2.05) is 42.5 Å². The SMILES string of the molecule is O=C1NC(=Nc2cc(Cl)ccc2Cl)S/C1=C/c1cc(Br)c(OCc2ccccc2)c(Br)c1. The summed E-state index contributed by atoms with van der Waals surface area (Å²) in [5.41, 5.74) is 2.40. The average molecular weight is 613 g/mol. The number of carbonyl (C=O) groups is 1. The van der Waals surface area contributed by atoms with Crippen LogP contribution in [-0.2, 0) is 11.4 Å². The zero-order valence-electron chi connectivity index (χ0n) is 16.2. The van der Waals surface area contributed by atoms with Crippen LogP contribution in [0.15, 0.2) is 79.5 Å². The first-order valence-corrected chi connectivity index (χ1v) is 12.5. The number of carbonyl (C=O) groups excluding carboxylic acids is 1. The summed E-state index contributed by atoms with van der Waals surface area (Å²) in [6, 6.07) is 18.7. The van der Waals surface area contributed by atoms with Gasteiger partial charge in [0, 0.05) is 5.02 Å². The van der Waals surface area contributed by atoms with Gasteiger partial charge in [-0.25, -0.2) is 4.99 Å². The van der Waals surface area contributed by atoms with Crippen LogP contribution in [0.1, 0.15) is 11.1 Å². The summed E-state index contributed by atoms with van der Waals surface area (Å²) in [6.07, 6.45) is 1.79. The van der Waals surface area contributed by atoms with Crippen molar-refractivity contribution in [2.75, 3.05) is 0 Å². The minimum absolute atomic E-state index is 0.233. The van der Waals surface area contributed by atoms with Gasteiger partial charge < -0.3 is 10.1 Å². The van der Waals surface area contributed by atoms with Crippen LogP contribution in [0, 0.1) is 0 Å². The Labute approximate surface area is 216 Å². The zero-order chi connectivity index (χ0) is 22.7. The van der Waals surface area contributed by atoms with E-state index in [-0.39, 0.29) is 5.91 Å². The Morgan fingerprint density at radius 1 is 1.03 bits per heavy atom. The minimum atomic E-state index is -0.233. The van der Waals surface area contributed by atoms with E-state index in [0.717, 1.165) is 20.1 Å². The van der Waals surface area contributed by atoms with E-state index in [2.05, 4.69) is 42.2 Å². The van der Waals surface area contributed by atoms with Gasteiger partial charge in [0.15, 0.2) is 5.17 Å². The number of amidine groups is 1. The molecule has 9 heteroatoms. The lowest BCUT2D eigenvalue weighted by atomic mass is 10.2. The summed E-state index contributed by atoms with van der Waals surface area (Å²) < 4.78 is 7.51. The summed E-state index contributed by atoms with van der Waals surface area (Å²) >= 11 is 20.5. The Kier molecular flexibility index (Phi) is 7.63. The lowest BCUT2D eigenvalue weighted by Crippen LogP contribution is -2.19. The van der Waals surface area contributed by atoms with Gasteiger partial charge in [-0.05, 0) is 91.2 Å². The van der Waals surface area contributed by atoms with Gasteiger partial charge in [-0.1, -0.05) is 53.5 Å². The second kappa shape index (κ2) is 10.4. The number of amides is 1. The first kappa shape index (κ1) is 23.4. The fraction of sp³-hybridized carbons (Fsp3) is 0.0435. The van der Waals surface area contributed by atoms with Crippen LogP contribution in [0.5, 0.6) is 5.75 Å². The summed E-state index contributed by atoms with van der Waals surface area (Å²) in [7, 11) is 0. The Bertz CT molecular complexity index is 1230. The van der Waals surface area contributed by atoms with Crippen molar-refractivity contribution in [1.29, 1.82) is 0 Å². The molecule has 32 heavy (non-hydrogen) atoms. The third-order valence-electron chi connectivity index (χ3n) is 4.33. The highest BCUT2D eigenvalue weighted by atomic mass is 79.9. The number of ether oxygens (including phenoxy) is 1. The number of hydrogen-bond donors (Lipinski definition) is 1. The molecule has 1 aliphatic heterocycles. The van der Waals surface area contributed by atoms with Crippen LogP contribution in [0.3, 0.4) is 0 Å². The molecule has 1 amide bonds. The summed E-state index contributed by atoms with van der Waals surface area (Å²) in [5, 5.41) is 4.16. The molecule has 0 aromatic heterocycles. The molecule has 1 aliphatic rings. The minimum Gasteiger partial charge on any atom is -0.487 e. The molecular weight excluding hydrogens is 599 g/mol. The van der Waals surface area contributed by atoms with E-state index in [1.54, 1.807) is 24.3 Å². The topological polar surface area (TPSA) is 50.7 Å². The number of aliphatic imine (C=N–C) groups is 1. The van der Waals surface area contributed by atoms with Crippen LogP contribution in [0.25, 0.3) is 6.08 Å². The third-order valence-corrected chi connectivity index (χ3v) is 6.97. The highest BCUT2D eigenvalue weighted by Crippen LogP contribution is 2.37. The Hall–Kier alpha value is -1.77. The van der Waals surface area contributed by atoms with Gasteiger partial charge in [0.05, 0.1) is 24.6 Å². The van der Waals surface area contributed by atoms with Crippen molar-refractivity contribution in [1.82, 2.24) is 5.32 Å². The molecular formula is C23H14Br2Cl2N2O2S. The molecule has 1 saturated heterocycles. The van der Waals surface area contributed by atoms with Crippen molar-refractivity contribution in [3.63, 3.8) is 0 Å². The second-order valence-corrected chi connectivity index (χ2v) is 10.2. The molecule has 3 aromatic rings. The number of nitrogens with one attached hydrogen (secondary N) is 1. The summed E-state index contributed by atoms with van der Waals surface area (Å²) in [6.45, 7) is 0.447. The van der Waals surface area contributed by atoms with E-state index in [4.69, 9.17) is 27.9 Å². The molecule has 1 fully saturated rings. The molecule has 0 aliphatic carbocycles. The van der Waals surface area contributed by atoms with Crippen molar-refractivity contribution in [2.45, 2.75) is 6.61 Å². The van der Waals surface area contributed by atoms with Crippen molar-refractivity contribution < 1.29 is 9.53 Å². The predicted octanol–water partition coefficient (Wildman–Crippen LogP) is 7.99. The molecule has 1 heterocycles. The monoisotopic (exact) mass is 610 g/mol. The molecule has 162 valence electrons. The second-order valence-electron chi connectivity index (χ2n) is 6.67.